The quantitative estimate of drug-likeness (QED) is 0.562. The van der Waals surface area contributed by atoms with Crippen LogP contribution >= 0.6 is 22.9 Å². The Morgan fingerprint density at radius 2 is 2.00 bits per heavy atom. The Morgan fingerprint density at radius 3 is 2.64 bits per heavy atom. The van der Waals surface area contributed by atoms with Crippen LogP contribution in [0, 0.1) is 6.92 Å². The highest BCUT2D eigenvalue weighted by atomic mass is 35.5. The van der Waals surface area contributed by atoms with Crippen molar-refractivity contribution in [1.82, 2.24) is 14.8 Å². The SMILES string of the molecule is Cc1nn(-c2ccc(Cl)cc2)c2nc(-c3cccs3)cc(C(=O)O)c12. The molecule has 0 radical (unpaired) electrons. The Labute approximate surface area is 152 Å². The molecule has 0 saturated carbocycles. The van der Waals surface area contributed by atoms with Gasteiger partial charge in [0.2, 0.25) is 0 Å². The minimum Gasteiger partial charge on any atom is -0.478 e. The summed E-state index contributed by atoms with van der Waals surface area (Å²) in [6, 6.07) is 12.6. The summed E-state index contributed by atoms with van der Waals surface area (Å²) in [6.07, 6.45) is 0. The van der Waals surface area contributed by atoms with Crippen molar-refractivity contribution >= 4 is 39.9 Å². The molecule has 4 rings (SSSR count). The topological polar surface area (TPSA) is 68.0 Å². The van der Waals surface area contributed by atoms with Gasteiger partial charge in [-0.05, 0) is 48.7 Å². The second-order valence-corrected chi connectivity index (χ2v) is 6.89. The number of benzene rings is 1. The Balaban J connectivity index is 2.05. The fourth-order valence-electron chi connectivity index (χ4n) is 2.77. The summed E-state index contributed by atoms with van der Waals surface area (Å²) in [4.78, 5) is 17.4. The molecule has 1 N–H and O–H groups in total. The summed E-state index contributed by atoms with van der Waals surface area (Å²) in [7, 11) is 0. The molecule has 0 unspecified atom stereocenters. The minimum absolute atomic E-state index is 0.200. The molecule has 0 amide bonds. The molecule has 25 heavy (non-hydrogen) atoms. The van der Waals surface area contributed by atoms with Gasteiger partial charge in [0.25, 0.3) is 0 Å². The molecule has 7 heteroatoms. The van der Waals surface area contributed by atoms with Crippen LogP contribution in [-0.4, -0.2) is 25.8 Å². The summed E-state index contributed by atoms with van der Waals surface area (Å²) in [5, 5.41) is 17.3. The van der Waals surface area contributed by atoms with E-state index in [1.807, 2.05) is 29.6 Å². The van der Waals surface area contributed by atoms with Crippen molar-refractivity contribution in [2.24, 2.45) is 0 Å². The van der Waals surface area contributed by atoms with Gasteiger partial charge >= 0.3 is 5.97 Å². The average molecular weight is 370 g/mol. The lowest BCUT2D eigenvalue weighted by Gasteiger charge is -2.06. The number of aromatic carboxylic acids is 1. The van der Waals surface area contributed by atoms with Crippen molar-refractivity contribution in [2.45, 2.75) is 6.92 Å². The van der Waals surface area contributed by atoms with E-state index in [1.165, 1.54) is 11.3 Å². The maximum atomic E-state index is 11.8. The fourth-order valence-corrected chi connectivity index (χ4v) is 3.58. The largest absolute Gasteiger partial charge is 0.478 e. The molecule has 0 bridgehead atoms. The van der Waals surface area contributed by atoms with E-state index in [0.29, 0.717) is 27.4 Å². The van der Waals surface area contributed by atoms with Crippen molar-refractivity contribution < 1.29 is 9.90 Å². The van der Waals surface area contributed by atoms with Crippen LogP contribution in [0.15, 0.2) is 47.8 Å². The van der Waals surface area contributed by atoms with Gasteiger partial charge < -0.3 is 5.11 Å². The molecule has 0 aliphatic carbocycles. The maximum Gasteiger partial charge on any atom is 0.336 e. The molecule has 0 atom stereocenters. The van der Waals surface area contributed by atoms with Gasteiger partial charge in [-0.3, -0.25) is 0 Å². The van der Waals surface area contributed by atoms with Gasteiger partial charge in [0.1, 0.15) is 0 Å². The van der Waals surface area contributed by atoms with E-state index in [0.717, 1.165) is 10.6 Å². The molecule has 0 aliphatic heterocycles. The van der Waals surface area contributed by atoms with E-state index in [1.54, 1.807) is 29.8 Å². The van der Waals surface area contributed by atoms with Crippen molar-refractivity contribution in [2.75, 3.05) is 0 Å². The Hall–Kier alpha value is -2.70. The number of thiophene rings is 1. The number of hydrogen-bond donors (Lipinski definition) is 1. The maximum absolute atomic E-state index is 11.8. The van der Waals surface area contributed by atoms with E-state index >= 15 is 0 Å². The van der Waals surface area contributed by atoms with Gasteiger partial charge in [-0.1, -0.05) is 17.7 Å². The summed E-state index contributed by atoms with van der Waals surface area (Å²) < 4.78 is 1.66. The number of rotatable bonds is 3. The lowest BCUT2D eigenvalue weighted by molar-refractivity contribution is 0.0699. The van der Waals surface area contributed by atoms with Gasteiger partial charge in [0.15, 0.2) is 5.65 Å². The first-order valence-corrected chi connectivity index (χ1v) is 8.74. The number of carboxylic acid groups (broad SMARTS) is 1. The van der Waals surface area contributed by atoms with Crippen molar-refractivity contribution in [1.29, 1.82) is 0 Å². The van der Waals surface area contributed by atoms with Crippen LogP contribution in [0.2, 0.25) is 5.02 Å². The van der Waals surface area contributed by atoms with E-state index in [9.17, 15) is 9.90 Å². The monoisotopic (exact) mass is 369 g/mol. The first kappa shape index (κ1) is 15.8. The molecule has 1 aromatic carbocycles. The Kier molecular flexibility index (Phi) is 3.78. The molecular weight excluding hydrogens is 358 g/mol. The van der Waals surface area contributed by atoms with Gasteiger partial charge in [-0.25, -0.2) is 14.5 Å². The van der Waals surface area contributed by atoms with Crippen molar-refractivity contribution in [3.63, 3.8) is 0 Å². The molecule has 0 saturated heterocycles. The lowest BCUT2D eigenvalue weighted by atomic mass is 10.1. The molecule has 3 aromatic heterocycles. The third kappa shape index (κ3) is 2.69. The van der Waals surface area contributed by atoms with E-state index in [-0.39, 0.29) is 5.56 Å². The number of hydrogen-bond acceptors (Lipinski definition) is 4. The number of aromatic nitrogens is 3. The van der Waals surface area contributed by atoms with Gasteiger partial charge in [0, 0.05) is 5.02 Å². The van der Waals surface area contributed by atoms with E-state index < -0.39 is 5.97 Å². The van der Waals surface area contributed by atoms with Crippen LogP contribution in [-0.2, 0) is 0 Å². The highest BCUT2D eigenvalue weighted by Gasteiger charge is 2.20. The van der Waals surface area contributed by atoms with Crippen LogP contribution in [0.3, 0.4) is 0 Å². The van der Waals surface area contributed by atoms with E-state index in [2.05, 4.69) is 5.10 Å². The number of pyridine rings is 1. The van der Waals surface area contributed by atoms with Crippen LogP contribution in [0.4, 0.5) is 0 Å². The highest BCUT2D eigenvalue weighted by Crippen LogP contribution is 2.30. The molecule has 4 aromatic rings. The minimum atomic E-state index is -0.996. The smallest absolute Gasteiger partial charge is 0.336 e. The Morgan fingerprint density at radius 1 is 1.24 bits per heavy atom. The molecule has 5 nitrogen and oxygen atoms in total. The van der Waals surface area contributed by atoms with Crippen molar-refractivity contribution in [3.8, 4) is 16.3 Å². The fraction of sp³-hybridized carbons (Fsp3) is 0.0556. The molecule has 0 fully saturated rings. The predicted molar refractivity (Wildman–Crippen MR) is 98.9 cm³/mol. The highest BCUT2D eigenvalue weighted by molar-refractivity contribution is 7.13. The van der Waals surface area contributed by atoms with Crippen LogP contribution in [0.1, 0.15) is 16.1 Å². The molecule has 0 aliphatic rings. The second-order valence-electron chi connectivity index (χ2n) is 5.51. The van der Waals surface area contributed by atoms with Crippen molar-refractivity contribution in [3.05, 3.63) is 64.1 Å². The summed E-state index contributed by atoms with van der Waals surface area (Å²) in [6.45, 7) is 1.79. The number of carboxylic acids is 1. The zero-order valence-electron chi connectivity index (χ0n) is 13.1. The third-order valence-electron chi connectivity index (χ3n) is 3.89. The zero-order chi connectivity index (χ0) is 17.6. The standard InChI is InChI=1S/C18H12ClN3O2S/c1-10-16-13(18(23)24)9-14(15-3-2-8-25-15)20-17(16)22(21-10)12-6-4-11(19)5-7-12/h2-9H,1H3,(H,23,24). The van der Waals surface area contributed by atoms with Gasteiger partial charge in [-0.15, -0.1) is 11.3 Å². The number of fused-ring (bicyclic) bond motifs is 1. The number of halogens is 1. The molecule has 3 heterocycles. The molecule has 0 spiro atoms. The average Bonchev–Trinajstić information content (AvgIpc) is 3.23. The first-order valence-electron chi connectivity index (χ1n) is 7.48. The lowest BCUT2D eigenvalue weighted by Crippen LogP contribution is -2.02. The number of nitrogens with zero attached hydrogens (tertiary/aromatic N) is 3. The van der Waals surface area contributed by atoms with Gasteiger partial charge in [-0.2, -0.15) is 5.10 Å². The molecular formula is C18H12ClN3O2S. The van der Waals surface area contributed by atoms with E-state index in [4.69, 9.17) is 16.6 Å². The zero-order valence-corrected chi connectivity index (χ0v) is 14.7. The Bertz CT molecular complexity index is 1090. The second kappa shape index (κ2) is 5.98. The predicted octanol–water partition coefficient (Wildman–Crippen LogP) is 4.81. The number of aryl methyl sites for hydroxylation is 1. The van der Waals surface area contributed by atoms with Gasteiger partial charge in [0.05, 0.1) is 32.9 Å². The van der Waals surface area contributed by atoms with Crippen LogP contribution < -0.4 is 0 Å². The summed E-state index contributed by atoms with van der Waals surface area (Å²) >= 11 is 7.47. The van der Waals surface area contributed by atoms with Crippen LogP contribution in [0.25, 0.3) is 27.3 Å². The summed E-state index contributed by atoms with van der Waals surface area (Å²) in [5.74, 6) is -0.996. The van der Waals surface area contributed by atoms with Crippen LogP contribution in [0.5, 0.6) is 0 Å². The molecule has 124 valence electrons. The summed E-state index contributed by atoms with van der Waals surface area (Å²) in [5.41, 5.74) is 2.73. The third-order valence-corrected chi connectivity index (χ3v) is 5.03. The first-order chi connectivity index (χ1) is 12.0. The number of carbonyl (C=O) groups is 1. The normalized spacial score (nSPS) is 11.1.